The molecule has 2 saturated heterocycles. The van der Waals surface area contributed by atoms with E-state index < -0.39 is 12.1 Å². The lowest BCUT2D eigenvalue weighted by atomic mass is 9.94. The Kier molecular flexibility index (Phi) is 8.02. The Hall–Kier alpha value is -2.57. The van der Waals surface area contributed by atoms with Gasteiger partial charge in [0.1, 0.15) is 5.75 Å². The minimum atomic E-state index is -0.946. The fraction of sp³-hybridized carbons (Fsp3) is 0.500. The number of ether oxygens (including phenoxy) is 1. The summed E-state index contributed by atoms with van der Waals surface area (Å²) in [7, 11) is 0. The molecule has 2 aliphatic heterocycles. The van der Waals surface area contributed by atoms with E-state index in [1.165, 1.54) is 44.6 Å². The van der Waals surface area contributed by atoms with E-state index in [0.717, 1.165) is 37.7 Å². The highest BCUT2D eigenvalue weighted by Gasteiger charge is 2.22. The second-order valence-corrected chi connectivity index (χ2v) is 8.94. The molecule has 2 fully saturated rings. The summed E-state index contributed by atoms with van der Waals surface area (Å²) < 4.78 is 5.80. The number of piperazine rings is 1. The molecule has 2 N–H and O–H groups in total. The predicted octanol–water partition coefficient (Wildman–Crippen LogP) is 3.27. The van der Waals surface area contributed by atoms with Gasteiger partial charge in [0.25, 0.3) is 0 Å². The molecule has 172 valence electrons. The summed E-state index contributed by atoms with van der Waals surface area (Å²) in [6, 6.07) is 17.5. The number of anilines is 1. The highest BCUT2D eigenvalue weighted by Crippen LogP contribution is 2.23. The van der Waals surface area contributed by atoms with Gasteiger partial charge in [0.05, 0.1) is 0 Å². The van der Waals surface area contributed by atoms with Crippen LogP contribution in [0.1, 0.15) is 24.8 Å². The first kappa shape index (κ1) is 22.6. The molecule has 2 aromatic carbocycles. The van der Waals surface area contributed by atoms with E-state index >= 15 is 0 Å². The van der Waals surface area contributed by atoms with Crippen molar-refractivity contribution in [2.45, 2.75) is 31.8 Å². The van der Waals surface area contributed by atoms with Gasteiger partial charge >= 0.3 is 5.97 Å². The second kappa shape index (κ2) is 11.3. The number of nitrogens with zero attached hydrogens (tertiary/aromatic N) is 2. The first-order valence-corrected chi connectivity index (χ1v) is 11.9. The molecule has 0 saturated carbocycles. The minimum Gasteiger partial charge on any atom is -0.478 e. The lowest BCUT2D eigenvalue weighted by molar-refractivity contribution is -0.145. The summed E-state index contributed by atoms with van der Waals surface area (Å²) >= 11 is 0. The third-order valence-corrected chi connectivity index (χ3v) is 6.70. The van der Waals surface area contributed by atoms with E-state index in [-0.39, 0.29) is 0 Å². The van der Waals surface area contributed by atoms with Gasteiger partial charge in [0.15, 0.2) is 6.10 Å². The first-order chi connectivity index (χ1) is 15.7. The fourth-order valence-corrected chi connectivity index (χ4v) is 4.67. The molecule has 32 heavy (non-hydrogen) atoms. The van der Waals surface area contributed by atoms with Crippen molar-refractivity contribution in [2.24, 2.45) is 5.92 Å². The molecule has 1 unspecified atom stereocenters. The number of hydrogen-bond acceptors (Lipinski definition) is 5. The molecule has 6 heteroatoms. The third-order valence-electron chi connectivity index (χ3n) is 6.70. The van der Waals surface area contributed by atoms with Crippen molar-refractivity contribution < 1.29 is 14.6 Å². The maximum Gasteiger partial charge on any atom is 0.345 e. The molecule has 0 bridgehead atoms. The zero-order valence-electron chi connectivity index (χ0n) is 18.8. The van der Waals surface area contributed by atoms with E-state index in [9.17, 15) is 9.90 Å². The van der Waals surface area contributed by atoms with Gasteiger partial charge in [-0.2, -0.15) is 0 Å². The van der Waals surface area contributed by atoms with E-state index in [0.29, 0.717) is 12.2 Å². The molecule has 4 rings (SSSR count). The number of aliphatic carboxylic acids is 1. The molecule has 1 atom stereocenters. The number of nitrogens with one attached hydrogen (secondary N) is 1. The zero-order chi connectivity index (χ0) is 22.2. The molecule has 0 spiro atoms. The summed E-state index contributed by atoms with van der Waals surface area (Å²) in [4.78, 5) is 16.7. The molecular formula is C26H35N3O3. The van der Waals surface area contributed by atoms with Crippen LogP contribution < -0.4 is 15.0 Å². The van der Waals surface area contributed by atoms with Crippen molar-refractivity contribution in [3.05, 3.63) is 60.2 Å². The highest BCUT2D eigenvalue weighted by molar-refractivity contribution is 5.73. The van der Waals surface area contributed by atoms with E-state index in [1.54, 1.807) is 0 Å². The van der Waals surface area contributed by atoms with Gasteiger partial charge in [-0.1, -0.05) is 30.3 Å². The lowest BCUT2D eigenvalue weighted by Crippen LogP contribution is -2.47. The van der Waals surface area contributed by atoms with Gasteiger partial charge in [-0.15, -0.1) is 0 Å². The van der Waals surface area contributed by atoms with Gasteiger partial charge in [0.2, 0.25) is 0 Å². The standard InChI is InChI=1S/C26H35N3O3/c30-26(31)25(20-22-4-2-1-3-5-22)32-24-8-6-23(7-9-24)29-18-16-28(17-19-29)15-12-21-10-13-27-14-11-21/h1-9,21,25,27H,10-20H2,(H,30,31). The monoisotopic (exact) mass is 437 g/mol. The number of rotatable bonds is 9. The van der Waals surface area contributed by atoms with Crippen LogP contribution in [-0.4, -0.2) is 67.9 Å². The molecule has 0 amide bonds. The van der Waals surface area contributed by atoms with Crippen molar-refractivity contribution >= 4 is 11.7 Å². The summed E-state index contributed by atoms with van der Waals surface area (Å²) in [5.41, 5.74) is 2.12. The average molecular weight is 438 g/mol. The predicted molar refractivity (Wildman–Crippen MR) is 128 cm³/mol. The molecule has 0 aromatic heterocycles. The zero-order valence-corrected chi connectivity index (χ0v) is 18.8. The summed E-state index contributed by atoms with van der Waals surface area (Å²) in [5, 5.41) is 13.0. The number of carboxylic acid groups (broad SMARTS) is 1. The van der Waals surface area contributed by atoms with Crippen LogP contribution in [0, 0.1) is 5.92 Å². The van der Waals surface area contributed by atoms with Gasteiger partial charge in [-0.05, 0) is 74.6 Å². The van der Waals surface area contributed by atoms with Crippen molar-refractivity contribution in [1.29, 1.82) is 0 Å². The fourth-order valence-electron chi connectivity index (χ4n) is 4.67. The molecule has 2 aromatic rings. The molecule has 0 radical (unpaired) electrons. The van der Waals surface area contributed by atoms with Crippen molar-refractivity contribution in [3.8, 4) is 5.75 Å². The Labute approximate surface area is 191 Å². The van der Waals surface area contributed by atoms with Crippen LogP contribution in [0.5, 0.6) is 5.75 Å². The quantitative estimate of drug-likeness (QED) is 0.628. The Morgan fingerprint density at radius 2 is 1.69 bits per heavy atom. The van der Waals surface area contributed by atoms with Gasteiger partial charge in [0, 0.05) is 38.3 Å². The Balaban J connectivity index is 1.25. The molecular weight excluding hydrogens is 402 g/mol. The third kappa shape index (κ3) is 6.47. The number of carboxylic acids is 1. The van der Waals surface area contributed by atoms with E-state index in [4.69, 9.17) is 4.74 Å². The Morgan fingerprint density at radius 3 is 2.34 bits per heavy atom. The topological polar surface area (TPSA) is 65.0 Å². The smallest absolute Gasteiger partial charge is 0.345 e. The number of benzene rings is 2. The molecule has 2 heterocycles. The van der Waals surface area contributed by atoms with Crippen LogP contribution in [0.25, 0.3) is 0 Å². The largest absolute Gasteiger partial charge is 0.478 e. The van der Waals surface area contributed by atoms with Crippen molar-refractivity contribution in [2.75, 3.05) is 50.7 Å². The SMILES string of the molecule is O=C(O)C(Cc1ccccc1)Oc1ccc(N2CCN(CCC3CCNCC3)CC2)cc1. The van der Waals surface area contributed by atoms with Crippen LogP contribution >= 0.6 is 0 Å². The average Bonchev–Trinajstić information content (AvgIpc) is 2.84. The van der Waals surface area contributed by atoms with Crippen LogP contribution in [0.2, 0.25) is 0 Å². The second-order valence-electron chi connectivity index (χ2n) is 8.94. The number of piperidine rings is 1. The van der Waals surface area contributed by atoms with E-state index in [2.05, 4.69) is 15.1 Å². The van der Waals surface area contributed by atoms with Gasteiger partial charge in [-0.25, -0.2) is 4.79 Å². The number of carbonyl (C=O) groups is 1. The summed E-state index contributed by atoms with van der Waals surface area (Å²) in [6.07, 6.45) is 3.41. The van der Waals surface area contributed by atoms with Crippen molar-refractivity contribution in [1.82, 2.24) is 10.2 Å². The Morgan fingerprint density at radius 1 is 1.00 bits per heavy atom. The van der Waals surface area contributed by atoms with Crippen LogP contribution in [0.4, 0.5) is 5.69 Å². The van der Waals surface area contributed by atoms with Crippen LogP contribution in [-0.2, 0) is 11.2 Å². The van der Waals surface area contributed by atoms with E-state index in [1.807, 2.05) is 54.6 Å². The summed E-state index contributed by atoms with van der Waals surface area (Å²) in [6.45, 7) is 7.82. The maximum atomic E-state index is 11.7. The summed E-state index contributed by atoms with van der Waals surface area (Å²) in [5.74, 6) is 0.537. The lowest BCUT2D eigenvalue weighted by Gasteiger charge is -2.37. The number of hydrogen-bond donors (Lipinski definition) is 2. The first-order valence-electron chi connectivity index (χ1n) is 11.9. The Bertz CT molecular complexity index is 829. The maximum absolute atomic E-state index is 11.7. The minimum absolute atomic E-state index is 0.344. The van der Waals surface area contributed by atoms with Crippen LogP contribution in [0.15, 0.2) is 54.6 Å². The normalized spacial score (nSPS) is 18.9. The highest BCUT2D eigenvalue weighted by atomic mass is 16.5. The molecule has 6 nitrogen and oxygen atoms in total. The van der Waals surface area contributed by atoms with Gasteiger partial charge in [-0.3, -0.25) is 4.90 Å². The van der Waals surface area contributed by atoms with Crippen molar-refractivity contribution in [3.63, 3.8) is 0 Å². The molecule has 0 aliphatic carbocycles. The van der Waals surface area contributed by atoms with Crippen LogP contribution in [0.3, 0.4) is 0 Å². The molecule has 2 aliphatic rings. The van der Waals surface area contributed by atoms with Gasteiger partial charge < -0.3 is 20.1 Å².